The number of carbonyl (C=O) groups is 1. The highest BCUT2D eigenvalue weighted by molar-refractivity contribution is 14.1. The zero-order valence-corrected chi connectivity index (χ0v) is 13.3. The molecule has 2 nitrogen and oxygen atoms in total. The van der Waals surface area contributed by atoms with Gasteiger partial charge in [-0.3, -0.25) is 4.79 Å². The van der Waals surface area contributed by atoms with E-state index < -0.39 is 0 Å². The predicted molar refractivity (Wildman–Crippen MR) is 84.4 cm³/mol. The number of rotatable bonds is 3. The van der Waals surface area contributed by atoms with Crippen LogP contribution in [-0.4, -0.2) is 5.91 Å². The van der Waals surface area contributed by atoms with Gasteiger partial charge in [0.15, 0.2) is 0 Å². The molecule has 1 heterocycles. The Morgan fingerprint density at radius 3 is 2.89 bits per heavy atom. The Bertz CT molecular complexity index is 556. The second kappa shape index (κ2) is 6.04. The molecule has 0 aliphatic rings. The van der Waals surface area contributed by atoms with Crippen LogP contribution in [0.4, 0.5) is 0 Å². The van der Waals surface area contributed by atoms with E-state index in [1.807, 2.05) is 30.5 Å². The molecule has 0 saturated carbocycles. The first-order chi connectivity index (χ1) is 8.58. The molecule has 0 spiro atoms. The molecule has 0 aliphatic heterocycles. The van der Waals surface area contributed by atoms with Crippen molar-refractivity contribution in [1.29, 1.82) is 0 Å². The van der Waals surface area contributed by atoms with E-state index in [0.717, 1.165) is 8.45 Å². The van der Waals surface area contributed by atoms with Gasteiger partial charge in [-0.15, -0.1) is 11.3 Å². The summed E-state index contributed by atoms with van der Waals surface area (Å²) >= 11 is 9.68. The molecular weight excluding hydrogens is 381 g/mol. The molecule has 1 atom stereocenters. The Morgan fingerprint density at radius 2 is 2.22 bits per heavy atom. The van der Waals surface area contributed by atoms with Crippen molar-refractivity contribution >= 4 is 51.4 Å². The summed E-state index contributed by atoms with van der Waals surface area (Å²) in [5.74, 6) is -0.0946. The minimum Gasteiger partial charge on any atom is -0.345 e. The third-order valence-electron chi connectivity index (χ3n) is 2.49. The van der Waals surface area contributed by atoms with Crippen molar-refractivity contribution in [2.45, 2.75) is 13.0 Å². The molecule has 0 saturated heterocycles. The Balaban J connectivity index is 2.15. The molecule has 1 amide bonds. The number of hydrogen-bond acceptors (Lipinski definition) is 2. The topological polar surface area (TPSA) is 29.1 Å². The highest BCUT2D eigenvalue weighted by Gasteiger charge is 2.14. The summed E-state index contributed by atoms with van der Waals surface area (Å²) in [6.45, 7) is 1.97. The average molecular weight is 392 g/mol. The molecule has 0 fully saturated rings. The lowest BCUT2D eigenvalue weighted by atomic mass is 10.2. The van der Waals surface area contributed by atoms with Crippen LogP contribution in [0.1, 0.15) is 28.2 Å². The summed E-state index contributed by atoms with van der Waals surface area (Å²) in [6.07, 6.45) is 0. The number of carbonyl (C=O) groups excluding carboxylic acids is 1. The molecule has 94 valence electrons. The van der Waals surface area contributed by atoms with Gasteiger partial charge in [-0.2, -0.15) is 0 Å². The van der Waals surface area contributed by atoms with Gasteiger partial charge in [-0.05, 0) is 59.2 Å². The zero-order chi connectivity index (χ0) is 13.1. The minimum atomic E-state index is -0.0946. The van der Waals surface area contributed by atoms with Crippen LogP contribution in [-0.2, 0) is 0 Å². The lowest BCUT2D eigenvalue weighted by molar-refractivity contribution is 0.0939. The van der Waals surface area contributed by atoms with Crippen LogP contribution in [0.2, 0.25) is 5.02 Å². The van der Waals surface area contributed by atoms with Gasteiger partial charge < -0.3 is 5.32 Å². The van der Waals surface area contributed by atoms with Crippen molar-refractivity contribution in [1.82, 2.24) is 5.32 Å². The summed E-state index contributed by atoms with van der Waals surface area (Å²) in [5.41, 5.74) is 0.617. The van der Waals surface area contributed by atoms with Gasteiger partial charge in [0, 0.05) is 13.5 Å². The SMILES string of the molecule is CC(NC(=O)c1cc(Cl)ccc1I)c1cccs1. The summed E-state index contributed by atoms with van der Waals surface area (Å²) < 4.78 is 0.896. The Morgan fingerprint density at radius 1 is 1.44 bits per heavy atom. The fraction of sp³-hybridized carbons (Fsp3) is 0.154. The van der Waals surface area contributed by atoms with Crippen molar-refractivity contribution in [2.24, 2.45) is 0 Å². The second-order valence-electron chi connectivity index (χ2n) is 3.83. The first kappa shape index (κ1) is 13.8. The van der Waals surface area contributed by atoms with Gasteiger partial charge in [0.05, 0.1) is 11.6 Å². The molecule has 1 N–H and O–H groups in total. The van der Waals surface area contributed by atoms with E-state index >= 15 is 0 Å². The van der Waals surface area contributed by atoms with Gasteiger partial charge >= 0.3 is 0 Å². The Hall–Kier alpha value is -0.590. The molecule has 1 aromatic heterocycles. The van der Waals surface area contributed by atoms with Gasteiger partial charge in [0.2, 0.25) is 0 Å². The van der Waals surface area contributed by atoms with E-state index in [1.54, 1.807) is 23.5 Å². The fourth-order valence-corrected chi connectivity index (χ4v) is 3.04. The maximum Gasteiger partial charge on any atom is 0.252 e. The first-order valence-corrected chi connectivity index (χ1v) is 7.71. The third-order valence-corrected chi connectivity index (χ3v) is 4.72. The molecule has 0 bridgehead atoms. The molecule has 0 radical (unpaired) electrons. The molecule has 1 aromatic carbocycles. The first-order valence-electron chi connectivity index (χ1n) is 5.37. The van der Waals surface area contributed by atoms with Crippen LogP contribution < -0.4 is 5.32 Å². The van der Waals surface area contributed by atoms with E-state index in [0.29, 0.717) is 10.6 Å². The maximum absolute atomic E-state index is 12.2. The highest BCUT2D eigenvalue weighted by Crippen LogP contribution is 2.21. The lowest BCUT2D eigenvalue weighted by Gasteiger charge is -2.13. The monoisotopic (exact) mass is 391 g/mol. The minimum absolute atomic E-state index is 0.00674. The predicted octanol–water partition coefficient (Wildman–Crippen LogP) is 4.50. The summed E-state index contributed by atoms with van der Waals surface area (Å²) in [4.78, 5) is 13.3. The van der Waals surface area contributed by atoms with Crippen molar-refractivity contribution < 1.29 is 4.79 Å². The average Bonchev–Trinajstić information content (AvgIpc) is 2.85. The summed E-state index contributed by atoms with van der Waals surface area (Å²) in [6, 6.07) is 9.31. The van der Waals surface area contributed by atoms with E-state index in [-0.39, 0.29) is 11.9 Å². The molecule has 18 heavy (non-hydrogen) atoms. The molecule has 2 rings (SSSR count). The molecular formula is C13H11ClINOS. The van der Waals surface area contributed by atoms with Crippen LogP contribution >= 0.6 is 45.5 Å². The molecule has 5 heteroatoms. The summed E-state index contributed by atoms with van der Waals surface area (Å²) in [7, 11) is 0. The smallest absolute Gasteiger partial charge is 0.252 e. The van der Waals surface area contributed by atoms with Crippen LogP contribution in [0.5, 0.6) is 0 Å². The Kier molecular flexibility index (Phi) is 4.64. The van der Waals surface area contributed by atoms with Crippen LogP contribution in [0, 0.1) is 3.57 Å². The maximum atomic E-state index is 12.2. The number of hydrogen-bond donors (Lipinski definition) is 1. The van der Waals surface area contributed by atoms with Crippen molar-refractivity contribution in [3.05, 3.63) is 54.7 Å². The Labute approximate surface area is 129 Å². The van der Waals surface area contributed by atoms with Gasteiger partial charge in [0.25, 0.3) is 5.91 Å². The largest absolute Gasteiger partial charge is 0.345 e. The number of halogens is 2. The lowest BCUT2D eigenvalue weighted by Crippen LogP contribution is -2.26. The number of thiophene rings is 1. The van der Waals surface area contributed by atoms with Gasteiger partial charge in [-0.1, -0.05) is 17.7 Å². The van der Waals surface area contributed by atoms with E-state index in [1.165, 1.54) is 0 Å². The quantitative estimate of drug-likeness (QED) is 0.767. The highest BCUT2D eigenvalue weighted by atomic mass is 127. The second-order valence-corrected chi connectivity index (χ2v) is 6.41. The number of benzene rings is 1. The summed E-state index contributed by atoms with van der Waals surface area (Å²) in [5, 5.41) is 5.55. The zero-order valence-electron chi connectivity index (χ0n) is 9.61. The standard InChI is InChI=1S/C13H11ClINOS/c1-8(12-3-2-6-18-12)16-13(17)10-7-9(14)4-5-11(10)15/h2-8H,1H3,(H,16,17). The van der Waals surface area contributed by atoms with E-state index in [9.17, 15) is 4.79 Å². The van der Waals surface area contributed by atoms with E-state index in [4.69, 9.17) is 11.6 Å². The van der Waals surface area contributed by atoms with Crippen molar-refractivity contribution in [2.75, 3.05) is 0 Å². The van der Waals surface area contributed by atoms with Crippen molar-refractivity contribution in [3.63, 3.8) is 0 Å². The molecule has 1 unspecified atom stereocenters. The van der Waals surface area contributed by atoms with E-state index in [2.05, 4.69) is 27.9 Å². The molecule has 2 aromatic rings. The van der Waals surface area contributed by atoms with Crippen LogP contribution in [0.3, 0.4) is 0 Å². The normalized spacial score (nSPS) is 12.2. The van der Waals surface area contributed by atoms with Gasteiger partial charge in [-0.25, -0.2) is 0 Å². The molecule has 0 aliphatic carbocycles. The van der Waals surface area contributed by atoms with Crippen LogP contribution in [0.25, 0.3) is 0 Å². The number of nitrogens with one attached hydrogen (secondary N) is 1. The van der Waals surface area contributed by atoms with Gasteiger partial charge in [0.1, 0.15) is 0 Å². The number of amides is 1. The fourth-order valence-electron chi connectivity index (χ4n) is 1.55. The van der Waals surface area contributed by atoms with Crippen LogP contribution in [0.15, 0.2) is 35.7 Å². The van der Waals surface area contributed by atoms with Crippen molar-refractivity contribution in [3.8, 4) is 0 Å². The third kappa shape index (κ3) is 3.24.